The summed E-state index contributed by atoms with van der Waals surface area (Å²) < 4.78 is 75.3. The monoisotopic (exact) mass is 1680 g/mol. The maximum Gasteiger partial charge on any atom is 0.340 e. The highest BCUT2D eigenvalue weighted by Gasteiger charge is 2.53. The van der Waals surface area contributed by atoms with Crippen LogP contribution < -0.4 is 18.9 Å². The van der Waals surface area contributed by atoms with Crippen LogP contribution in [0.2, 0.25) is 0 Å². The van der Waals surface area contributed by atoms with Gasteiger partial charge in [0.05, 0.1) is 75.1 Å². The number of aromatic hydroxyl groups is 4. The molecule has 20 heteroatoms. The molecule has 0 aliphatic heterocycles. The number of ether oxygens (including phenoxy) is 12. The van der Waals surface area contributed by atoms with Gasteiger partial charge in [-0.3, -0.25) is 0 Å². The van der Waals surface area contributed by atoms with Crippen LogP contribution in [0.1, 0.15) is 260 Å². The summed E-state index contributed by atoms with van der Waals surface area (Å²) in [6.45, 7) is -0.764. The van der Waals surface area contributed by atoms with E-state index in [1.54, 1.807) is 97.1 Å². The van der Waals surface area contributed by atoms with Gasteiger partial charge in [-0.15, -0.1) is 0 Å². The molecule has 8 aromatic rings. The lowest BCUT2D eigenvalue weighted by Crippen LogP contribution is -2.49. The third-order valence-electron chi connectivity index (χ3n) is 32.3. The first-order chi connectivity index (χ1) is 60.4. The Labute approximate surface area is 723 Å². The maximum atomic E-state index is 14.3. The molecule has 25 rings (SSSR count). The van der Waals surface area contributed by atoms with Gasteiger partial charge in [-0.1, -0.05) is 48.5 Å². The summed E-state index contributed by atoms with van der Waals surface area (Å²) in [6.07, 6.45) is 23.7. The second-order valence-electron chi connectivity index (χ2n) is 39.3. The fraction of sp³-hybridized carbons (Fsp3) is 0.500. The van der Waals surface area contributed by atoms with Crippen LogP contribution in [0.25, 0.3) is 0 Å². The van der Waals surface area contributed by atoms with Gasteiger partial charge in [-0.05, 0) is 318 Å². The van der Waals surface area contributed by atoms with Crippen molar-refractivity contribution in [2.75, 3.05) is 55.6 Å². The summed E-state index contributed by atoms with van der Waals surface area (Å²) in [7, 11) is 5.97. The molecule has 20 nitrogen and oxygen atoms in total. The van der Waals surface area contributed by atoms with Crippen molar-refractivity contribution >= 4 is 23.9 Å². The molecule has 0 aromatic heterocycles. The Hall–Kier alpha value is -10.1. The summed E-state index contributed by atoms with van der Waals surface area (Å²) >= 11 is 0. The van der Waals surface area contributed by atoms with E-state index in [2.05, 4.69) is 0 Å². The van der Waals surface area contributed by atoms with E-state index in [-0.39, 0.29) is 120 Å². The summed E-state index contributed by atoms with van der Waals surface area (Å²) in [5.41, 5.74) is 6.07. The summed E-state index contributed by atoms with van der Waals surface area (Å²) in [6, 6.07) is 41.2. The molecule has 4 N–H and O–H groups in total. The highest BCUT2D eigenvalue weighted by atomic mass is 16.7. The Morgan fingerprint density at radius 1 is 0.242 bits per heavy atom. The number of methoxy groups -OCH3 is 4. The van der Waals surface area contributed by atoms with Gasteiger partial charge < -0.3 is 77.3 Å². The standard InChI is InChI=1S/C104H112O20/c1-113-89-45-85(105)77-41-81(89)93(61-5-13-65(14-6-61)101(109)121-49-117-97-69-25-53-21-54(27-69)28-70(97)26-53)78-42-82(90(114-2)46-86(78)106)95(63-9-17-67(18-10-63)103(111)123-51-119-99-73-33-57-23-58(35-73)36-74(99)34-57)80-44-84(92(116-4)48-88(80)108)96(64-11-19-68(20-12-64)104(112)124-52-120-100-75-37-59-24-60(39-75)40-76(100)38-59)79-43-83(91(115-3)47-87(79)107)94(77)62-7-15-66(16-8-62)102(110)122-50-118-98-71-29-55-22-56(31-71)32-72(98)30-55/h5-20,41-48,53-60,69-76,93-100,105-108H,21-40,49-52H2,1-4H3. The molecule has 16 saturated carbocycles. The lowest BCUT2D eigenvalue weighted by atomic mass is 9.55. The fourth-order valence-electron chi connectivity index (χ4n) is 27.9. The van der Waals surface area contributed by atoms with Crippen molar-refractivity contribution in [3.05, 3.63) is 235 Å². The van der Waals surface area contributed by atoms with E-state index < -0.39 is 47.5 Å². The van der Waals surface area contributed by atoms with Crippen LogP contribution in [0.15, 0.2) is 146 Å². The molecule has 124 heavy (non-hydrogen) atoms. The predicted molar refractivity (Wildman–Crippen MR) is 457 cm³/mol. The van der Waals surface area contributed by atoms with Gasteiger partial charge in [-0.25, -0.2) is 19.2 Å². The molecule has 0 heterocycles. The van der Waals surface area contributed by atoms with Gasteiger partial charge in [0.2, 0.25) is 0 Å². The highest BCUT2D eigenvalue weighted by molar-refractivity contribution is 5.91. The average molecular weight is 1680 g/mol. The Bertz CT molecular complexity index is 4590. The van der Waals surface area contributed by atoms with Crippen molar-refractivity contribution < 1.29 is 96.4 Å². The summed E-state index contributed by atoms with van der Waals surface area (Å²) in [5.74, 6) is 2.98. The molecule has 0 radical (unpaired) electrons. The van der Waals surface area contributed by atoms with E-state index in [0.29, 0.717) is 114 Å². The number of esters is 4. The molecule has 648 valence electrons. The molecule has 4 unspecified atom stereocenters. The first-order valence-electron chi connectivity index (χ1n) is 45.6. The van der Waals surface area contributed by atoms with Gasteiger partial charge in [0, 0.05) is 92.4 Å². The molecule has 16 fully saturated rings. The molecule has 0 saturated heterocycles. The summed E-state index contributed by atoms with van der Waals surface area (Å²) in [4.78, 5) is 57.4. The second kappa shape index (κ2) is 33.3. The van der Waals surface area contributed by atoms with E-state index >= 15 is 0 Å². The van der Waals surface area contributed by atoms with Crippen LogP contribution >= 0.6 is 0 Å². The van der Waals surface area contributed by atoms with Crippen LogP contribution in [-0.2, 0) is 37.9 Å². The zero-order valence-electron chi connectivity index (χ0n) is 71.0. The SMILES string of the molecule is COc1cc(O)c2cc1C(c1ccc(C(=O)OCOC3C4CC5CC(C4)CC3C5)cc1)c1cc(c(OC)cc1O)C(c1ccc(C(=O)OCOC3C4CC5CC(C4)CC3C5)cc1)c1cc(c(OC)cc1O)C(c1ccc(C(=O)OCOC3C4CC5CC(C4)CC3C5)cc1)c1cc(c(OC)cc1O)C2c1ccc(C(=O)OCOC2C3CC4CC(C3)CC2C4)cc1. The number of carbonyl (C=O) groups excluding carboxylic acids is 4. The van der Waals surface area contributed by atoms with Crippen LogP contribution in [0, 0.1) is 94.7 Å². The van der Waals surface area contributed by atoms with Gasteiger partial charge in [0.1, 0.15) is 46.0 Å². The van der Waals surface area contributed by atoms with Gasteiger partial charge >= 0.3 is 23.9 Å². The van der Waals surface area contributed by atoms with Crippen molar-refractivity contribution in [2.24, 2.45) is 94.7 Å². The normalized spacial score (nSPS) is 31.9. The van der Waals surface area contributed by atoms with Crippen LogP contribution in [0.5, 0.6) is 46.0 Å². The smallest absolute Gasteiger partial charge is 0.340 e. The van der Waals surface area contributed by atoms with E-state index in [1.807, 2.05) is 24.3 Å². The van der Waals surface area contributed by atoms with Crippen LogP contribution in [0.3, 0.4) is 0 Å². The van der Waals surface area contributed by atoms with Crippen molar-refractivity contribution in [1.29, 1.82) is 0 Å². The molecule has 0 amide bonds. The second-order valence-corrected chi connectivity index (χ2v) is 39.3. The number of rotatable bonds is 24. The third kappa shape index (κ3) is 15.1. The quantitative estimate of drug-likeness (QED) is 0.0249. The summed E-state index contributed by atoms with van der Waals surface area (Å²) in [5, 5.41) is 52.8. The van der Waals surface area contributed by atoms with Crippen molar-refractivity contribution in [1.82, 2.24) is 0 Å². The first-order valence-corrected chi connectivity index (χ1v) is 45.6. The topological polar surface area (TPSA) is 260 Å². The Morgan fingerprint density at radius 2 is 0.411 bits per heavy atom. The predicted octanol–water partition coefficient (Wildman–Crippen LogP) is 19.4. The first kappa shape index (κ1) is 81.0. The molecule has 17 aliphatic rings. The molecule has 4 atom stereocenters. The largest absolute Gasteiger partial charge is 0.507 e. The number of carbonyl (C=O) groups is 4. The van der Waals surface area contributed by atoms with Crippen molar-refractivity contribution in [3.8, 4) is 46.0 Å². The van der Waals surface area contributed by atoms with Gasteiger partial charge in [-0.2, -0.15) is 0 Å². The molecule has 24 bridgehead atoms. The number of fused-ring (bicyclic) bond motifs is 8. The van der Waals surface area contributed by atoms with E-state index in [1.165, 1.54) is 78.4 Å². The van der Waals surface area contributed by atoms with Gasteiger partial charge in [0.25, 0.3) is 0 Å². The lowest BCUT2D eigenvalue weighted by Gasteiger charge is -2.53. The zero-order chi connectivity index (χ0) is 84.4. The minimum absolute atomic E-state index is 0.0427. The molecule has 8 aromatic carbocycles. The number of phenols is 4. The van der Waals surface area contributed by atoms with Crippen molar-refractivity contribution in [3.63, 3.8) is 0 Å². The Morgan fingerprint density at radius 3 is 0.573 bits per heavy atom. The van der Waals surface area contributed by atoms with Crippen LogP contribution in [0.4, 0.5) is 0 Å². The fourth-order valence-corrected chi connectivity index (χ4v) is 27.9. The number of hydrogen-bond acceptors (Lipinski definition) is 20. The van der Waals surface area contributed by atoms with E-state index in [0.717, 1.165) is 150 Å². The number of phenolic OH excluding ortho intramolecular Hbond substituents is 4. The average Bonchev–Trinajstić information content (AvgIpc) is 0.734. The number of hydrogen-bond donors (Lipinski definition) is 4. The minimum Gasteiger partial charge on any atom is -0.507 e. The van der Waals surface area contributed by atoms with Gasteiger partial charge in [0.15, 0.2) is 27.2 Å². The maximum absolute atomic E-state index is 14.3. The number of benzene rings is 8. The molecule has 0 spiro atoms. The Balaban J connectivity index is 0.697. The third-order valence-corrected chi connectivity index (χ3v) is 32.3. The lowest BCUT2D eigenvalue weighted by molar-refractivity contribution is -0.162. The van der Waals surface area contributed by atoms with E-state index in [9.17, 15) is 39.6 Å². The van der Waals surface area contributed by atoms with Crippen LogP contribution in [-0.4, -0.2) is 124 Å². The molecule has 17 aliphatic carbocycles. The van der Waals surface area contributed by atoms with Crippen molar-refractivity contribution in [2.45, 2.75) is 177 Å². The minimum atomic E-state index is -1.05. The van der Waals surface area contributed by atoms with E-state index in [4.69, 9.17) is 56.8 Å². The molecular weight excluding hydrogens is 1570 g/mol. The zero-order valence-corrected chi connectivity index (χ0v) is 71.0. The molecular formula is C104H112O20. The Kier molecular flexibility index (Phi) is 21.8. The highest BCUT2D eigenvalue weighted by Crippen LogP contribution is 2.61.